The van der Waals surface area contributed by atoms with Crippen LogP contribution in [-0.2, 0) is 4.79 Å². The standard InChI is InChI=1S/C16H13Cl3N2O3/c1-9(24-14-6-5-12(18)8-13(14)19)15(22)20-21-16(23)10-3-2-4-11(17)7-10/h2-9H,1H3,(H,20,22)(H,21,23)/t9-/m1/s1. The Morgan fingerprint density at radius 2 is 1.71 bits per heavy atom. The predicted octanol–water partition coefficient (Wildman–Crippen LogP) is 3.88. The maximum absolute atomic E-state index is 12.0. The number of carbonyl (C=O) groups excluding carboxylic acids is 2. The number of ether oxygens (including phenoxy) is 1. The average molecular weight is 388 g/mol. The summed E-state index contributed by atoms with van der Waals surface area (Å²) in [5.74, 6) is -0.733. The third-order valence-corrected chi connectivity index (χ3v) is 3.72. The van der Waals surface area contributed by atoms with Crippen molar-refractivity contribution in [3.8, 4) is 5.75 Å². The molecule has 0 saturated carbocycles. The van der Waals surface area contributed by atoms with Gasteiger partial charge in [0.25, 0.3) is 11.8 Å². The first-order valence-corrected chi connectivity index (χ1v) is 7.97. The molecule has 8 heteroatoms. The van der Waals surface area contributed by atoms with Gasteiger partial charge < -0.3 is 4.74 Å². The molecule has 2 rings (SSSR count). The minimum atomic E-state index is -0.886. The van der Waals surface area contributed by atoms with Gasteiger partial charge in [0.15, 0.2) is 6.10 Å². The number of rotatable bonds is 4. The number of hydrogen-bond acceptors (Lipinski definition) is 3. The van der Waals surface area contributed by atoms with Crippen molar-refractivity contribution in [3.63, 3.8) is 0 Å². The lowest BCUT2D eigenvalue weighted by Crippen LogP contribution is -2.47. The molecule has 2 N–H and O–H groups in total. The second-order valence-corrected chi connectivity index (χ2v) is 6.07. The summed E-state index contributed by atoms with van der Waals surface area (Å²) in [6.45, 7) is 1.52. The molecule has 0 aromatic heterocycles. The molecule has 2 aromatic carbocycles. The van der Waals surface area contributed by atoms with Crippen molar-refractivity contribution < 1.29 is 14.3 Å². The van der Waals surface area contributed by atoms with E-state index < -0.39 is 17.9 Å². The number of hydrazine groups is 1. The van der Waals surface area contributed by atoms with Gasteiger partial charge in [0, 0.05) is 15.6 Å². The summed E-state index contributed by atoms with van der Waals surface area (Å²) in [6.07, 6.45) is -0.886. The molecule has 0 radical (unpaired) electrons. The van der Waals surface area contributed by atoms with Crippen LogP contribution in [0.3, 0.4) is 0 Å². The number of benzene rings is 2. The highest BCUT2D eigenvalue weighted by Gasteiger charge is 2.17. The molecule has 5 nitrogen and oxygen atoms in total. The fraction of sp³-hybridized carbons (Fsp3) is 0.125. The van der Waals surface area contributed by atoms with Crippen LogP contribution in [-0.4, -0.2) is 17.9 Å². The van der Waals surface area contributed by atoms with Crippen LogP contribution in [0.2, 0.25) is 15.1 Å². The zero-order valence-corrected chi connectivity index (χ0v) is 14.7. The second kappa shape index (κ2) is 8.24. The second-order valence-electron chi connectivity index (χ2n) is 4.79. The van der Waals surface area contributed by atoms with E-state index >= 15 is 0 Å². The summed E-state index contributed by atoms with van der Waals surface area (Å²) >= 11 is 17.6. The van der Waals surface area contributed by atoms with Crippen LogP contribution in [0.5, 0.6) is 5.75 Å². The van der Waals surface area contributed by atoms with E-state index in [9.17, 15) is 9.59 Å². The summed E-state index contributed by atoms with van der Waals surface area (Å²) in [5.41, 5.74) is 4.88. The highest BCUT2D eigenvalue weighted by atomic mass is 35.5. The molecule has 24 heavy (non-hydrogen) atoms. The number of halogens is 3. The van der Waals surface area contributed by atoms with Gasteiger partial charge in [-0.25, -0.2) is 0 Å². The lowest BCUT2D eigenvalue weighted by atomic mass is 10.2. The summed E-state index contributed by atoms with van der Waals surface area (Å²) < 4.78 is 5.44. The van der Waals surface area contributed by atoms with Crippen LogP contribution >= 0.6 is 34.8 Å². The van der Waals surface area contributed by atoms with E-state index in [0.29, 0.717) is 21.4 Å². The molecule has 2 aromatic rings. The Kier molecular flexibility index (Phi) is 6.31. The van der Waals surface area contributed by atoms with Gasteiger partial charge >= 0.3 is 0 Å². The smallest absolute Gasteiger partial charge is 0.279 e. The van der Waals surface area contributed by atoms with E-state index in [1.165, 1.54) is 19.1 Å². The fourth-order valence-corrected chi connectivity index (χ4v) is 2.38. The quantitative estimate of drug-likeness (QED) is 0.783. The molecular formula is C16H13Cl3N2O3. The van der Waals surface area contributed by atoms with Gasteiger partial charge in [-0.3, -0.25) is 20.4 Å². The van der Waals surface area contributed by atoms with Crippen molar-refractivity contribution in [2.24, 2.45) is 0 Å². The number of nitrogens with one attached hydrogen (secondary N) is 2. The summed E-state index contributed by atoms with van der Waals surface area (Å²) in [4.78, 5) is 23.9. The van der Waals surface area contributed by atoms with E-state index in [2.05, 4.69) is 10.9 Å². The van der Waals surface area contributed by atoms with Crippen molar-refractivity contribution >= 4 is 46.6 Å². The molecule has 0 aliphatic rings. The van der Waals surface area contributed by atoms with Crippen LogP contribution < -0.4 is 15.6 Å². The summed E-state index contributed by atoms with van der Waals surface area (Å²) in [7, 11) is 0. The van der Waals surface area contributed by atoms with E-state index in [1.54, 1.807) is 30.3 Å². The molecule has 0 saturated heterocycles. The van der Waals surface area contributed by atoms with Gasteiger partial charge in [0.1, 0.15) is 5.75 Å². The molecule has 0 spiro atoms. The number of amides is 2. The molecule has 0 aliphatic carbocycles. The van der Waals surface area contributed by atoms with E-state index in [1.807, 2.05) is 0 Å². The third-order valence-electron chi connectivity index (χ3n) is 2.95. The van der Waals surface area contributed by atoms with Gasteiger partial charge in [0.05, 0.1) is 5.02 Å². The highest BCUT2D eigenvalue weighted by Crippen LogP contribution is 2.28. The summed E-state index contributed by atoms with van der Waals surface area (Å²) in [5, 5.41) is 1.16. The van der Waals surface area contributed by atoms with E-state index in [0.717, 1.165) is 0 Å². The topological polar surface area (TPSA) is 67.4 Å². The maximum Gasteiger partial charge on any atom is 0.279 e. The Morgan fingerprint density at radius 1 is 1.00 bits per heavy atom. The first kappa shape index (κ1) is 18.4. The molecule has 2 amide bonds. The first-order valence-electron chi connectivity index (χ1n) is 6.84. The van der Waals surface area contributed by atoms with Crippen LogP contribution in [0, 0.1) is 0 Å². The van der Waals surface area contributed by atoms with Gasteiger partial charge in [-0.1, -0.05) is 40.9 Å². The monoisotopic (exact) mass is 386 g/mol. The lowest BCUT2D eigenvalue weighted by molar-refractivity contribution is -0.128. The molecule has 0 bridgehead atoms. The van der Waals surface area contributed by atoms with Crippen LogP contribution in [0.25, 0.3) is 0 Å². The molecule has 0 fully saturated rings. The van der Waals surface area contributed by atoms with Crippen LogP contribution in [0.4, 0.5) is 0 Å². The van der Waals surface area contributed by atoms with Gasteiger partial charge in [-0.2, -0.15) is 0 Å². The fourth-order valence-electron chi connectivity index (χ4n) is 1.74. The first-order chi connectivity index (χ1) is 11.4. The maximum atomic E-state index is 12.0. The van der Waals surface area contributed by atoms with E-state index in [4.69, 9.17) is 39.5 Å². The summed E-state index contributed by atoms with van der Waals surface area (Å²) in [6, 6.07) is 11.0. The van der Waals surface area contributed by atoms with Gasteiger partial charge in [0.2, 0.25) is 0 Å². The van der Waals surface area contributed by atoms with Crippen molar-refractivity contribution in [1.82, 2.24) is 10.9 Å². The van der Waals surface area contributed by atoms with E-state index in [-0.39, 0.29) is 5.02 Å². The third kappa shape index (κ3) is 5.03. The van der Waals surface area contributed by atoms with Crippen molar-refractivity contribution in [1.29, 1.82) is 0 Å². The molecule has 0 heterocycles. The number of carbonyl (C=O) groups is 2. The van der Waals surface area contributed by atoms with Crippen molar-refractivity contribution in [3.05, 3.63) is 63.1 Å². The zero-order valence-electron chi connectivity index (χ0n) is 12.5. The minimum absolute atomic E-state index is 0.283. The van der Waals surface area contributed by atoms with Gasteiger partial charge in [-0.15, -0.1) is 0 Å². The largest absolute Gasteiger partial charge is 0.479 e. The Labute approximate surface area is 153 Å². The molecule has 1 atom stereocenters. The van der Waals surface area contributed by atoms with Crippen LogP contribution in [0.15, 0.2) is 42.5 Å². The molecular weight excluding hydrogens is 375 g/mol. The highest BCUT2D eigenvalue weighted by molar-refractivity contribution is 6.35. The van der Waals surface area contributed by atoms with Crippen molar-refractivity contribution in [2.45, 2.75) is 13.0 Å². The molecule has 0 unspecified atom stereocenters. The van der Waals surface area contributed by atoms with Gasteiger partial charge in [-0.05, 0) is 43.3 Å². The molecule has 126 valence electrons. The van der Waals surface area contributed by atoms with Crippen molar-refractivity contribution in [2.75, 3.05) is 0 Å². The Hall–Kier alpha value is -1.95. The SMILES string of the molecule is C[C@@H](Oc1ccc(Cl)cc1Cl)C(=O)NNC(=O)c1cccc(Cl)c1. The minimum Gasteiger partial charge on any atom is -0.479 e. The number of hydrogen-bond donors (Lipinski definition) is 2. The average Bonchev–Trinajstić information content (AvgIpc) is 2.54. The normalized spacial score (nSPS) is 11.5. The zero-order chi connectivity index (χ0) is 17.7. The molecule has 0 aliphatic heterocycles. The van der Waals surface area contributed by atoms with Crippen LogP contribution in [0.1, 0.15) is 17.3 Å². The Balaban J connectivity index is 1.90. The lowest BCUT2D eigenvalue weighted by Gasteiger charge is -2.16. The predicted molar refractivity (Wildman–Crippen MR) is 93.6 cm³/mol. The Bertz CT molecular complexity index is 768. The Morgan fingerprint density at radius 3 is 2.38 bits per heavy atom.